The maximum atomic E-state index is 13.4. The van der Waals surface area contributed by atoms with E-state index in [1.807, 2.05) is 31.2 Å². The van der Waals surface area contributed by atoms with Crippen molar-refractivity contribution in [3.63, 3.8) is 0 Å². The quantitative estimate of drug-likeness (QED) is 0.306. The molecule has 0 aliphatic heterocycles. The Morgan fingerprint density at radius 1 is 1.09 bits per heavy atom. The summed E-state index contributed by atoms with van der Waals surface area (Å²) >= 11 is 0. The number of hydrogen-bond donors (Lipinski definition) is 3. The van der Waals surface area contributed by atoms with Crippen molar-refractivity contribution in [3.05, 3.63) is 96.7 Å². The van der Waals surface area contributed by atoms with E-state index in [2.05, 4.69) is 32.8 Å². The maximum Gasteiger partial charge on any atom is 0.159 e. The molecule has 0 amide bonds. The van der Waals surface area contributed by atoms with E-state index in [-0.39, 0.29) is 5.82 Å². The molecule has 6 nitrogen and oxygen atoms in total. The molecule has 33 heavy (non-hydrogen) atoms. The Hall–Kier alpha value is -4.52. The lowest BCUT2D eigenvalue weighted by Crippen LogP contribution is -1.93. The Kier molecular flexibility index (Phi) is 5.06. The van der Waals surface area contributed by atoms with Crippen molar-refractivity contribution in [2.75, 3.05) is 0 Å². The number of pyridine rings is 1. The third-order valence-electron chi connectivity index (χ3n) is 5.54. The van der Waals surface area contributed by atoms with E-state index in [0.717, 1.165) is 44.2 Å². The Morgan fingerprint density at radius 2 is 1.91 bits per heavy atom. The molecule has 0 bridgehead atoms. The van der Waals surface area contributed by atoms with Crippen molar-refractivity contribution in [1.82, 2.24) is 25.1 Å². The van der Waals surface area contributed by atoms with Crippen LogP contribution >= 0.6 is 0 Å². The third-order valence-corrected chi connectivity index (χ3v) is 5.54. The van der Waals surface area contributed by atoms with Crippen molar-refractivity contribution >= 4 is 27.5 Å². The lowest BCUT2D eigenvalue weighted by molar-refractivity contribution is 0.628. The fourth-order valence-corrected chi connectivity index (χ4v) is 3.83. The van der Waals surface area contributed by atoms with Gasteiger partial charge in [0.25, 0.3) is 0 Å². The summed E-state index contributed by atoms with van der Waals surface area (Å²) in [7, 11) is 0. The van der Waals surface area contributed by atoms with Crippen molar-refractivity contribution in [2.24, 2.45) is 5.73 Å². The lowest BCUT2D eigenvalue weighted by atomic mass is 10.0. The van der Waals surface area contributed by atoms with Crippen LogP contribution in [0.25, 0.3) is 50.2 Å². The van der Waals surface area contributed by atoms with E-state index >= 15 is 0 Å². The molecular formula is C26H21FN6. The molecule has 0 radical (unpaired) electrons. The largest absolute Gasteiger partial charge is 0.399 e. The van der Waals surface area contributed by atoms with Gasteiger partial charge in [-0.2, -0.15) is 5.10 Å². The van der Waals surface area contributed by atoms with E-state index in [9.17, 15) is 4.39 Å². The molecule has 0 unspecified atom stereocenters. The minimum Gasteiger partial charge on any atom is -0.399 e. The molecule has 0 fully saturated rings. The second kappa shape index (κ2) is 8.20. The molecule has 0 atom stereocenters. The summed E-state index contributed by atoms with van der Waals surface area (Å²) in [5.74, 6) is 0.332. The second-order valence-corrected chi connectivity index (χ2v) is 7.60. The normalized spacial score (nSPS) is 12.5. The average Bonchev–Trinajstić information content (AvgIpc) is 3.46. The molecule has 3 aromatic heterocycles. The molecule has 2 aromatic carbocycles. The Bertz CT molecular complexity index is 1550. The second-order valence-electron chi connectivity index (χ2n) is 7.60. The number of halogens is 1. The van der Waals surface area contributed by atoms with E-state index in [1.165, 1.54) is 12.1 Å². The first-order chi connectivity index (χ1) is 16.1. The Balaban J connectivity index is 1.63. The van der Waals surface area contributed by atoms with E-state index in [0.29, 0.717) is 17.2 Å². The molecule has 5 rings (SSSR count). The van der Waals surface area contributed by atoms with Gasteiger partial charge in [0.2, 0.25) is 0 Å². The number of nitrogens with two attached hydrogens (primary N) is 1. The molecular weight excluding hydrogens is 415 g/mol. The number of imidazole rings is 1. The van der Waals surface area contributed by atoms with Gasteiger partial charge in [-0.3, -0.25) is 10.1 Å². The highest BCUT2D eigenvalue weighted by Gasteiger charge is 2.16. The van der Waals surface area contributed by atoms with Gasteiger partial charge in [0, 0.05) is 22.8 Å². The number of rotatable bonds is 5. The van der Waals surface area contributed by atoms with Crippen molar-refractivity contribution in [1.29, 1.82) is 0 Å². The first-order valence-electron chi connectivity index (χ1n) is 10.4. The van der Waals surface area contributed by atoms with Crippen molar-refractivity contribution in [3.8, 4) is 22.6 Å². The molecule has 162 valence electrons. The molecule has 0 saturated carbocycles. The lowest BCUT2D eigenvalue weighted by Gasteiger charge is -2.04. The van der Waals surface area contributed by atoms with Gasteiger partial charge < -0.3 is 10.7 Å². The van der Waals surface area contributed by atoms with Crippen LogP contribution in [0.3, 0.4) is 0 Å². The number of H-pyrrole nitrogens is 2. The zero-order valence-corrected chi connectivity index (χ0v) is 17.9. The summed E-state index contributed by atoms with van der Waals surface area (Å²) in [5, 5.41) is 8.51. The van der Waals surface area contributed by atoms with Crippen LogP contribution < -0.4 is 5.73 Å². The molecule has 7 heteroatoms. The van der Waals surface area contributed by atoms with Crippen LogP contribution in [0.2, 0.25) is 0 Å². The SMILES string of the molecule is C=C/C(N)=C\C(=C/C)c1ccc2[nH]nc(-c3nc4c(-c5ccc(F)cc5)cncc4[nH]3)c2c1. The summed E-state index contributed by atoms with van der Waals surface area (Å²) < 4.78 is 13.4. The number of aromatic nitrogens is 5. The van der Waals surface area contributed by atoms with Gasteiger partial charge in [0.15, 0.2) is 5.82 Å². The van der Waals surface area contributed by atoms with Gasteiger partial charge in [0.05, 0.1) is 22.7 Å². The number of nitrogens with one attached hydrogen (secondary N) is 2. The van der Waals surface area contributed by atoms with Gasteiger partial charge in [0.1, 0.15) is 11.5 Å². The summed E-state index contributed by atoms with van der Waals surface area (Å²) in [4.78, 5) is 12.5. The number of nitrogens with zero attached hydrogens (tertiary/aromatic N) is 3. The van der Waals surface area contributed by atoms with Gasteiger partial charge in [-0.25, -0.2) is 9.37 Å². The highest BCUT2D eigenvalue weighted by Crippen LogP contribution is 2.32. The van der Waals surface area contributed by atoms with E-state index in [4.69, 9.17) is 10.7 Å². The molecule has 0 spiro atoms. The molecule has 0 aliphatic rings. The number of allylic oxidation sites excluding steroid dienone is 4. The van der Waals surface area contributed by atoms with Crippen LogP contribution in [0.5, 0.6) is 0 Å². The predicted molar refractivity (Wildman–Crippen MR) is 130 cm³/mol. The van der Waals surface area contributed by atoms with Crippen LogP contribution in [0, 0.1) is 5.82 Å². The van der Waals surface area contributed by atoms with Crippen molar-refractivity contribution in [2.45, 2.75) is 6.92 Å². The van der Waals surface area contributed by atoms with Crippen molar-refractivity contribution < 1.29 is 4.39 Å². The van der Waals surface area contributed by atoms with Gasteiger partial charge in [-0.05, 0) is 60.0 Å². The zero-order valence-electron chi connectivity index (χ0n) is 17.9. The van der Waals surface area contributed by atoms with Crippen LogP contribution in [0.4, 0.5) is 4.39 Å². The fraction of sp³-hybridized carbons (Fsp3) is 0.0385. The van der Waals surface area contributed by atoms with Gasteiger partial charge in [-0.1, -0.05) is 30.9 Å². The minimum atomic E-state index is -0.286. The van der Waals surface area contributed by atoms with Crippen LogP contribution in [-0.4, -0.2) is 25.1 Å². The maximum absolute atomic E-state index is 13.4. The standard InChI is InChI=1S/C26H21FN6/c1-3-15(11-19(28)4-2)17-7-10-22-20(12-17)25(33-32-22)26-30-23-14-29-13-21(24(23)31-26)16-5-8-18(27)9-6-16/h3-14H,2,28H2,1H3,(H,30,31)(H,32,33)/b15-3+,19-11+. The Morgan fingerprint density at radius 3 is 2.67 bits per heavy atom. The molecule has 5 aromatic rings. The number of hydrogen-bond acceptors (Lipinski definition) is 4. The number of fused-ring (bicyclic) bond motifs is 2. The van der Waals surface area contributed by atoms with Gasteiger partial charge >= 0.3 is 0 Å². The number of aromatic amines is 2. The average molecular weight is 436 g/mol. The third kappa shape index (κ3) is 3.70. The number of benzene rings is 2. The highest BCUT2D eigenvalue weighted by atomic mass is 19.1. The summed E-state index contributed by atoms with van der Waals surface area (Å²) in [5.41, 5.74) is 13.3. The molecule has 3 heterocycles. The highest BCUT2D eigenvalue weighted by molar-refractivity contribution is 5.98. The first-order valence-corrected chi connectivity index (χ1v) is 10.4. The Labute approximate surface area is 189 Å². The molecule has 0 aliphatic carbocycles. The topological polar surface area (TPSA) is 96.3 Å². The molecule has 4 N–H and O–H groups in total. The zero-order chi connectivity index (χ0) is 22.9. The first kappa shape index (κ1) is 20.4. The summed E-state index contributed by atoms with van der Waals surface area (Å²) in [6.45, 7) is 5.68. The summed E-state index contributed by atoms with van der Waals surface area (Å²) in [6, 6.07) is 12.4. The van der Waals surface area contributed by atoms with E-state index in [1.54, 1.807) is 30.6 Å². The van der Waals surface area contributed by atoms with Crippen LogP contribution in [-0.2, 0) is 0 Å². The predicted octanol–water partition coefficient (Wildman–Crippen LogP) is 5.74. The fourth-order valence-electron chi connectivity index (χ4n) is 3.83. The molecule has 0 saturated heterocycles. The smallest absolute Gasteiger partial charge is 0.159 e. The van der Waals surface area contributed by atoms with Gasteiger partial charge in [-0.15, -0.1) is 0 Å². The van der Waals surface area contributed by atoms with E-state index < -0.39 is 0 Å². The van der Waals surface area contributed by atoms with Crippen LogP contribution in [0.1, 0.15) is 12.5 Å². The monoisotopic (exact) mass is 436 g/mol. The summed E-state index contributed by atoms with van der Waals surface area (Å²) in [6.07, 6.45) is 8.96. The minimum absolute atomic E-state index is 0.286. The van der Waals surface area contributed by atoms with Crippen LogP contribution in [0.15, 0.2) is 85.4 Å².